The van der Waals surface area contributed by atoms with Gasteiger partial charge in [-0.15, -0.1) is 11.8 Å². The van der Waals surface area contributed by atoms with E-state index in [1.165, 1.54) is 34.5 Å². The van der Waals surface area contributed by atoms with Crippen molar-refractivity contribution >= 4 is 51.0 Å². The minimum absolute atomic E-state index is 0.0374. The molecule has 1 aromatic heterocycles. The Hall–Kier alpha value is -1.86. The van der Waals surface area contributed by atoms with E-state index in [1.807, 2.05) is 0 Å². The van der Waals surface area contributed by atoms with Crippen LogP contribution in [0.4, 0.5) is 8.78 Å². The van der Waals surface area contributed by atoms with E-state index < -0.39 is 33.9 Å². The van der Waals surface area contributed by atoms with E-state index in [0.29, 0.717) is 39.4 Å². The molecule has 2 saturated carbocycles. The average molecular weight is 652 g/mol. The van der Waals surface area contributed by atoms with Crippen LogP contribution in [0.2, 0.25) is 10.0 Å². The first kappa shape index (κ1) is 30.6. The summed E-state index contributed by atoms with van der Waals surface area (Å²) in [6.45, 7) is -2.55. The van der Waals surface area contributed by atoms with Gasteiger partial charge in [-0.1, -0.05) is 29.3 Å². The predicted octanol–water partition coefficient (Wildman–Crippen LogP) is 5.76. The second-order valence-electron chi connectivity index (χ2n) is 10.5. The third-order valence-electron chi connectivity index (χ3n) is 7.21. The topological polar surface area (TPSA) is 95.0 Å². The average Bonchev–Trinajstić information content (AvgIpc) is 3.86. The number of halogens is 4. The van der Waals surface area contributed by atoms with E-state index in [9.17, 15) is 22.0 Å². The number of sulfonamides is 1. The first-order valence-corrected chi connectivity index (χ1v) is 16.8. The SMILES string of the molecule is O=C(OC[C@@H](Cc1c(Cl)cncc1Cl)c1ccc(OC(F)F)c(OCC2CC2)c1)C1SCCN1S(=O)(=O)CC1CC1. The Kier molecular flexibility index (Phi) is 9.85. The molecule has 41 heavy (non-hydrogen) atoms. The van der Waals surface area contributed by atoms with Crippen LogP contribution in [-0.2, 0) is 26.0 Å². The van der Waals surface area contributed by atoms with Gasteiger partial charge in [0.15, 0.2) is 16.9 Å². The normalized spacial score (nSPS) is 20.3. The Bertz CT molecular complexity index is 1340. The number of hydrogen-bond donors (Lipinski definition) is 0. The highest BCUT2D eigenvalue weighted by atomic mass is 35.5. The summed E-state index contributed by atoms with van der Waals surface area (Å²) in [5.74, 6) is -0.0873. The molecule has 14 heteroatoms. The van der Waals surface area contributed by atoms with Gasteiger partial charge in [-0.25, -0.2) is 13.2 Å². The maximum absolute atomic E-state index is 13.2. The minimum atomic E-state index is -3.59. The summed E-state index contributed by atoms with van der Waals surface area (Å²) >= 11 is 14.0. The van der Waals surface area contributed by atoms with Crippen LogP contribution in [-0.4, -0.2) is 66.9 Å². The molecular weight excluding hydrogens is 621 g/mol. The summed E-state index contributed by atoms with van der Waals surface area (Å²) in [6, 6.07) is 4.59. The molecule has 2 heterocycles. The first-order valence-electron chi connectivity index (χ1n) is 13.4. The summed E-state index contributed by atoms with van der Waals surface area (Å²) in [7, 11) is -3.59. The summed E-state index contributed by atoms with van der Waals surface area (Å²) < 4.78 is 69.5. The number of alkyl halides is 2. The predicted molar refractivity (Wildman–Crippen MR) is 152 cm³/mol. The molecule has 0 spiro atoms. The molecule has 224 valence electrons. The Balaban J connectivity index is 1.37. The zero-order valence-electron chi connectivity index (χ0n) is 22.0. The second kappa shape index (κ2) is 13.2. The van der Waals surface area contributed by atoms with Crippen LogP contribution >= 0.6 is 35.0 Å². The number of nitrogens with zero attached hydrogens (tertiary/aromatic N) is 2. The Morgan fingerprint density at radius 1 is 1.10 bits per heavy atom. The van der Waals surface area contributed by atoms with Gasteiger partial charge >= 0.3 is 12.6 Å². The molecule has 0 N–H and O–H groups in total. The fourth-order valence-corrected chi connectivity index (χ4v) is 8.67. The molecule has 1 aliphatic heterocycles. The molecule has 2 atom stereocenters. The van der Waals surface area contributed by atoms with Gasteiger partial charge in [0.2, 0.25) is 10.0 Å². The van der Waals surface area contributed by atoms with Gasteiger partial charge in [-0.05, 0) is 67.2 Å². The molecule has 2 aromatic rings. The summed E-state index contributed by atoms with van der Waals surface area (Å²) in [5.41, 5.74) is 1.19. The molecule has 1 unspecified atom stereocenters. The lowest BCUT2D eigenvalue weighted by Crippen LogP contribution is -2.42. The van der Waals surface area contributed by atoms with Crippen molar-refractivity contribution in [1.82, 2.24) is 9.29 Å². The van der Waals surface area contributed by atoms with E-state index >= 15 is 0 Å². The van der Waals surface area contributed by atoms with E-state index in [-0.39, 0.29) is 42.7 Å². The lowest BCUT2D eigenvalue weighted by atomic mass is 9.92. The van der Waals surface area contributed by atoms with Gasteiger partial charge in [-0.3, -0.25) is 4.98 Å². The number of pyridine rings is 1. The van der Waals surface area contributed by atoms with Crippen LogP contribution in [0.3, 0.4) is 0 Å². The van der Waals surface area contributed by atoms with Crippen LogP contribution in [0, 0.1) is 11.8 Å². The monoisotopic (exact) mass is 650 g/mol. The third-order valence-corrected chi connectivity index (χ3v) is 11.2. The van der Waals surface area contributed by atoms with Gasteiger partial charge in [0.25, 0.3) is 0 Å². The molecule has 0 bridgehead atoms. The molecule has 0 amide bonds. The maximum Gasteiger partial charge on any atom is 0.387 e. The second-order valence-corrected chi connectivity index (χ2v) is 14.5. The van der Waals surface area contributed by atoms with E-state index in [4.69, 9.17) is 32.7 Å². The van der Waals surface area contributed by atoms with Crippen LogP contribution in [0.15, 0.2) is 30.6 Å². The number of benzene rings is 1. The minimum Gasteiger partial charge on any atom is -0.489 e. The number of ether oxygens (including phenoxy) is 3. The van der Waals surface area contributed by atoms with Crippen molar-refractivity contribution in [3.8, 4) is 11.5 Å². The van der Waals surface area contributed by atoms with Crippen LogP contribution in [0.1, 0.15) is 42.7 Å². The largest absolute Gasteiger partial charge is 0.489 e. The molecule has 3 fully saturated rings. The quantitative estimate of drug-likeness (QED) is 0.238. The number of rotatable bonds is 14. The molecule has 1 aromatic carbocycles. The smallest absolute Gasteiger partial charge is 0.387 e. The lowest BCUT2D eigenvalue weighted by molar-refractivity contribution is -0.145. The van der Waals surface area contributed by atoms with Crippen molar-refractivity contribution < 1.29 is 36.2 Å². The van der Waals surface area contributed by atoms with Crippen molar-refractivity contribution in [2.75, 3.05) is 31.3 Å². The molecule has 8 nitrogen and oxygen atoms in total. The fourth-order valence-electron chi connectivity index (χ4n) is 4.59. The van der Waals surface area contributed by atoms with Gasteiger partial charge in [0, 0.05) is 30.6 Å². The summed E-state index contributed by atoms with van der Waals surface area (Å²) in [5, 5.41) is -0.326. The number of thioether (sulfide) groups is 1. The number of carbonyl (C=O) groups excluding carboxylic acids is 1. The number of aromatic nitrogens is 1. The summed E-state index contributed by atoms with van der Waals surface area (Å²) in [6.07, 6.45) is 6.91. The third kappa shape index (κ3) is 8.16. The van der Waals surface area contributed by atoms with Crippen molar-refractivity contribution in [3.63, 3.8) is 0 Å². The van der Waals surface area contributed by atoms with E-state index in [1.54, 1.807) is 12.1 Å². The maximum atomic E-state index is 13.2. The number of carbonyl (C=O) groups is 1. The lowest BCUT2D eigenvalue weighted by Gasteiger charge is -2.24. The van der Waals surface area contributed by atoms with Crippen molar-refractivity contribution in [3.05, 3.63) is 51.8 Å². The number of esters is 1. The summed E-state index contributed by atoms with van der Waals surface area (Å²) in [4.78, 5) is 17.2. The zero-order chi connectivity index (χ0) is 29.1. The van der Waals surface area contributed by atoms with Crippen LogP contribution in [0.25, 0.3) is 0 Å². The van der Waals surface area contributed by atoms with E-state index in [2.05, 4.69) is 9.72 Å². The zero-order valence-corrected chi connectivity index (χ0v) is 25.2. The van der Waals surface area contributed by atoms with Gasteiger partial charge in [0.1, 0.15) is 0 Å². The Morgan fingerprint density at radius 2 is 1.80 bits per heavy atom. The van der Waals surface area contributed by atoms with Crippen molar-refractivity contribution in [2.24, 2.45) is 11.8 Å². The van der Waals surface area contributed by atoms with Crippen molar-refractivity contribution in [1.29, 1.82) is 0 Å². The highest BCUT2D eigenvalue weighted by molar-refractivity contribution is 8.02. The number of hydrogen-bond acceptors (Lipinski definition) is 8. The van der Waals surface area contributed by atoms with Gasteiger partial charge < -0.3 is 14.2 Å². The first-order chi connectivity index (χ1) is 19.6. The van der Waals surface area contributed by atoms with Gasteiger partial charge in [0.05, 0.1) is 29.0 Å². The Labute approximate surface area is 252 Å². The highest BCUT2D eigenvalue weighted by Gasteiger charge is 2.42. The standard InChI is InChI=1S/C27H30Cl2F2N2O6S2/c28-21-11-32-12-22(29)20(21)9-19(18-5-6-23(39-27(30)31)24(10-18)37-13-16-1-2-16)14-38-26(34)25-33(7-8-40-25)41(35,36)15-17-3-4-17/h5-6,10-12,16-17,19,25,27H,1-4,7-9,13-15H2/t19-,25?/m1/s1. The molecular formula is C27H30Cl2F2N2O6S2. The molecule has 5 rings (SSSR count). The molecule has 1 saturated heterocycles. The molecule has 2 aliphatic carbocycles. The van der Waals surface area contributed by atoms with E-state index in [0.717, 1.165) is 25.7 Å². The van der Waals surface area contributed by atoms with Gasteiger partial charge in [-0.2, -0.15) is 13.1 Å². The fraction of sp³-hybridized carbons (Fsp3) is 0.556. The van der Waals surface area contributed by atoms with Crippen LogP contribution in [0.5, 0.6) is 11.5 Å². The molecule has 3 aliphatic rings. The Morgan fingerprint density at radius 3 is 2.46 bits per heavy atom. The highest BCUT2D eigenvalue weighted by Crippen LogP contribution is 2.38. The molecule has 0 radical (unpaired) electrons. The van der Waals surface area contributed by atoms with Crippen molar-refractivity contribution in [2.45, 2.75) is 50.0 Å². The van der Waals surface area contributed by atoms with Crippen LogP contribution < -0.4 is 9.47 Å².